The van der Waals surface area contributed by atoms with Gasteiger partial charge in [-0.3, -0.25) is 0 Å². The van der Waals surface area contributed by atoms with Crippen LogP contribution in [-0.2, 0) is 10.9 Å². The van der Waals surface area contributed by atoms with Gasteiger partial charge in [-0.05, 0) is 35.7 Å². The van der Waals surface area contributed by atoms with Gasteiger partial charge in [0.1, 0.15) is 18.2 Å². The van der Waals surface area contributed by atoms with E-state index < -0.39 is 11.9 Å². The van der Waals surface area contributed by atoms with Crippen LogP contribution < -0.4 is 10.2 Å². The lowest BCUT2D eigenvalue weighted by Crippen LogP contribution is -2.37. The van der Waals surface area contributed by atoms with Crippen molar-refractivity contribution in [2.45, 2.75) is 25.1 Å². The average Bonchev–Trinajstić information content (AvgIpc) is 3.28. The summed E-state index contributed by atoms with van der Waals surface area (Å²) in [5.41, 5.74) is 1.47. The highest BCUT2D eigenvalue weighted by Crippen LogP contribution is 2.34. The Balaban J connectivity index is 1.53. The van der Waals surface area contributed by atoms with E-state index in [4.69, 9.17) is 4.74 Å². The van der Waals surface area contributed by atoms with Crippen molar-refractivity contribution < 1.29 is 17.9 Å². The molecule has 0 unspecified atom stereocenters. The highest BCUT2D eigenvalue weighted by Gasteiger charge is 2.34. The summed E-state index contributed by atoms with van der Waals surface area (Å²) in [6, 6.07) is 13.3. The summed E-state index contributed by atoms with van der Waals surface area (Å²) >= 11 is 0. The van der Waals surface area contributed by atoms with Gasteiger partial charge in [-0.1, -0.05) is 30.3 Å². The summed E-state index contributed by atoms with van der Waals surface area (Å²) in [5.74, 6) is 0.553. The number of hydrogen-bond acceptors (Lipinski definition) is 5. The first kappa shape index (κ1) is 21.5. The molecule has 0 bridgehead atoms. The van der Waals surface area contributed by atoms with Gasteiger partial charge in [-0.25, -0.2) is 9.98 Å². The number of rotatable bonds is 3. The van der Waals surface area contributed by atoms with Gasteiger partial charge in [0.15, 0.2) is 5.84 Å². The lowest BCUT2D eigenvalue weighted by atomic mass is 10.00. The van der Waals surface area contributed by atoms with Crippen LogP contribution in [0.3, 0.4) is 0 Å². The molecule has 6 nitrogen and oxygen atoms in total. The molecule has 3 heterocycles. The number of aromatic nitrogens is 1. The number of nitrogens with one attached hydrogen (secondary N) is 2. The van der Waals surface area contributed by atoms with Crippen LogP contribution >= 0.6 is 0 Å². The molecule has 2 aliphatic heterocycles. The number of methoxy groups -OCH3 is 1. The number of aliphatic imine (C=N–C) groups is 2. The topological polar surface area (TPSA) is 65.0 Å². The van der Waals surface area contributed by atoms with Gasteiger partial charge < -0.3 is 19.9 Å². The van der Waals surface area contributed by atoms with E-state index in [9.17, 15) is 13.2 Å². The standard InChI is InChI=1S/C24H24F3N5O/c1-33-16-8-10-32(11-9-16)20-7-6-15-4-2-3-5-17(15)19(20)13-28-22-18-12-21(24(25,26)27)31-23(18)30-14-29-22/h2-7,12-13,16,30-31H,8-11,14H2,1H3. The van der Waals surface area contributed by atoms with Gasteiger partial charge in [-0.15, -0.1) is 0 Å². The Kier molecular flexibility index (Phi) is 5.57. The molecular weight excluding hydrogens is 431 g/mol. The summed E-state index contributed by atoms with van der Waals surface area (Å²) in [6.45, 7) is 1.88. The van der Waals surface area contributed by atoms with Crippen molar-refractivity contribution in [3.05, 3.63) is 59.3 Å². The van der Waals surface area contributed by atoms with Crippen LogP contribution in [0.2, 0.25) is 0 Å². The number of fused-ring (bicyclic) bond motifs is 2. The maximum atomic E-state index is 13.2. The Morgan fingerprint density at radius 3 is 2.70 bits per heavy atom. The van der Waals surface area contributed by atoms with Crippen molar-refractivity contribution in [1.29, 1.82) is 0 Å². The smallest absolute Gasteiger partial charge is 0.381 e. The van der Waals surface area contributed by atoms with Crippen molar-refractivity contribution in [2.24, 2.45) is 9.98 Å². The zero-order chi connectivity index (χ0) is 23.0. The minimum Gasteiger partial charge on any atom is -0.381 e. The van der Waals surface area contributed by atoms with Crippen molar-refractivity contribution in [3.8, 4) is 0 Å². The van der Waals surface area contributed by atoms with Crippen molar-refractivity contribution >= 4 is 34.3 Å². The molecule has 3 aromatic rings. The van der Waals surface area contributed by atoms with E-state index in [0.29, 0.717) is 5.56 Å². The Morgan fingerprint density at radius 2 is 1.94 bits per heavy atom. The van der Waals surface area contributed by atoms with Crippen LogP contribution in [0.15, 0.2) is 52.4 Å². The lowest BCUT2D eigenvalue weighted by molar-refractivity contribution is -0.140. The maximum absolute atomic E-state index is 13.2. The number of hydrogen-bond donors (Lipinski definition) is 2. The second-order valence-electron chi connectivity index (χ2n) is 8.19. The fourth-order valence-corrected chi connectivity index (χ4v) is 4.47. The van der Waals surface area contributed by atoms with E-state index in [-0.39, 0.29) is 24.4 Å². The molecule has 172 valence electrons. The number of benzene rings is 2. The minimum absolute atomic E-state index is 0.157. The SMILES string of the molecule is COC1CCN(c2ccc3ccccc3c2C=NC2=NCNc3[nH]c(C(F)(F)F)cc32)CC1. The fraction of sp³-hybridized carbons (Fsp3) is 0.333. The van der Waals surface area contributed by atoms with Crippen LogP contribution in [0.4, 0.5) is 24.7 Å². The molecule has 1 saturated heterocycles. The first-order valence-corrected chi connectivity index (χ1v) is 10.9. The third kappa shape index (κ3) is 4.20. The largest absolute Gasteiger partial charge is 0.431 e. The Labute approximate surface area is 189 Å². The zero-order valence-electron chi connectivity index (χ0n) is 18.1. The summed E-state index contributed by atoms with van der Waals surface area (Å²) in [7, 11) is 1.74. The summed E-state index contributed by atoms with van der Waals surface area (Å²) in [4.78, 5) is 13.6. The molecule has 0 spiro atoms. The Morgan fingerprint density at radius 1 is 1.15 bits per heavy atom. The third-order valence-electron chi connectivity index (χ3n) is 6.23. The molecule has 33 heavy (non-hydrogen) atoms. The molecule has 0 radical (unpaired) electrons. The second-order valence-corrected chi connectivity index (χ2v) is 8.19. The average molecular weight is 455 g/mol. The quantitative estimate of drug-likeness (QED) is 0.543. The predicted molar refractivity (Wildman–Crippen MR) is 125 cm³/mol. The van der Waals surface area contributed by atoms with E-state index in [1.807, 2.05) is 24.3 Å². The molecule has 2 aromatic carbocycles. The number of ether oxygens (including phenoxy) is 1. The molecule has 1 fully saturated rings. The summed E-state index contributed by atoms with van der Waals surface area (Å²) < 4.78 is 45.1. The van der Waals surface area contributed by atoms with Gasteiger partial charge in [0.05, 0.1) is 11.7 Å². The van der Waals surface area contributed by atoms with E-state index in [1.54, 1.807) is 13.3 Å². The molecule has 2 N–H and O–H groups in total. The number of H-pyrrole nitrogens is 1. The maximum Gasteiger partial charge on any atom is 0.431 e. The zero-order valence-corrected chi connectivity index (χ0v) is 18.1. The number of anilines is 2. The number of aromatic amines is 1. The molecule has 2 aliphatic rings. The molecule has 1 aromatic heterocycles. The first-order chi connectivity index (χ1) is 15.9. The normalized spacial score (nSPS) is 17.3. The molecule has 0 aliphatic carbocycles. The fourth-order valence-electron chi connectivity index (χ4n) is 4.47. The Bertz CT molecular complexity index is 1220. The van der Waals surface area contributed by atoms with E-state index in [0.717, 1.165) is 54.0 Å². The van der Waals surface area contributed by atoms with Crippen LogP contribution in [0.5, 0.6) is 0 Å². The van der Waals surface area contributed by atoms with Gasteiger partial charge in [0.25, 0.3) is 0 Å². The lowest BCUT2D eigenvalue weighted by Gasteiger charge is -2.34. The number of piperidine rings is 1. The molecule has 9 heteroatoms. The van der Waals surface area contributed by atoms with Crippen LogP contribution in [-0.4, -0.2) is 50.0 Å². The number of nitrogens with zero attached hydrogens (tertiary/aromatic N) is 3. The van der Waals surface area contributed by atoms with Crippen LogP contribution in [0.25, 0.3) is 10.8 Å². The molecule has 0 saturated carbocycles. The highest BCUT2D eigenvalue weighted by atomic mass is 19.4. The second kappa shape index (κ2) is 8.55. The highest BCUT2D eigenvalue weighted by molar-refractivity contribution is 6.13. The van der Waals surface area contributed by atoms with Crippen molar-refractivity contribution in [2.75, 3.05) is 37.1 Å². The summed E-state index contributed by atoms with van der Waals surface area (Å²) in [5, 5.41) is 4.96. The minimum atomic E-state index is -4.47. The molecular formula is C24H24F3N5O. The molecule has 0 amide bonds. The van der Waals surface area contributed by atoms with Crippen LogP contribution in [0.1, 0.15) is 29.7 Å². The molecule has 0 atom stereocenters. The van der Waals surface area contributed by atoms with Gasteiger partial charge in [0.2, 0.25) is 0 Å². The third-order valence-corrected chi connectivity index (χ3v) is 6.23. The molecule has 5 rings (SSSR count). The van der Waals surface area contributed by atoms with Gasteiger partial charge in [-0.2, -0.15) is 13.2 Å². The Hall–Kier alpha value is -3.33. The van der Waals surface area contributed by atoms with Crippen molar-refractivity contribution in [3.63, 3.8) is 0 Å². The van der Waals surface area contributed by atoms with Gasteiger partial charge >= 0.3 is 6.18 Å². The van der Waals surface area contributed by atoms with E-state index in [2.05, 4.69) is 37.3 Å². The monoisotopic (exact) mass is 455 g/mol. The van der Waals surface area contributed by atoms with E-state index in [1.165, 1.54) is 0 Å². The van der Waals surface area contributed by atoms with Gasteiger partial charge in [0, 0.05) is 37.7 Å². The van der Waals surface area contributed by atoms with Crippen LogP contribution in [0, 0.1) is 0 Å². The van der Waals surface area contributed by atoms with E-state index >= 15 is 0 Å². The van der Waals surface area contributed by atoms with Crippen molar-refractivity contribution in [1.82, 2.24) is 4.98 Å². The number of alkyl halides is 3. The predicted octanol–water partition coefficient (Wildman–Crippen LogP) is 5.05. The number of amidine groups is 1. The first-order valence-electron chi connectivity index (χ1n) is 10.9. The summed E-state index contributed by atoms with van der Waals surface area (Å²) in [6.07, 6.45) is -0.604. The number of halogens is 3.